The molecule has 0 aliphatic carbocycles. The summed E-state index contributed by atoms with van der Waals surface area (Å²) in [7, 11) is 0. The first-order chi connectivity index (χ1) is 9.40. The van der Waals surface area contributed by atoms with Gasteiger partial charge in [-0.05, 0) is 32.6 Å². The average Bonchev–Trinajstić information content (AvgIpc) is 2.89. The third kappa shape index (κ3) is 3.51. The van der Waals surface area contributed by atoms with Gasteiger partial charge >= 0.3 is 5.97 Å². The molecule has 1 amide bonds. The highest BCUT2D eigenvalue weighted by molar-refractivity contribution is 5.82. The van der Waals surface area contributed by atoms with Gasteiger partial charge in [-0.3, -0.25) is 14.5 Å². The standard InChI is InChI=1S/C15H28N2O3/c1-5-12(6-2)16-13(18)11(4)17-9-8-15(7-3,10-17)14(19)20/h11-12H,5-10H2,1-4H3,(H,16,18)(H,19,20). The molecule has 2 unspecified atom stereocenters. The van der Waals surface area contributed by atoms with Gasteiger partial charge in [0.05, 0.1) is 11.5 Å². The van der Waals surface area contributed by atoms with E-state index in [9.17, 15) is 14.7 Å². The second-order valence-electron chi connectivity index (χ2n) is 5.86. The predicted octanol–water partition coefficient (Wildman–Crippen LogP) is 1.87. The Morgan fingerprint density at radius 2 is 1.90 bits per heavy atom. The van der Waals surface area contributed by atoms with Crippen LogP contribution < -0.4 is 5.32 Å². The number of rotatable bonds is 7. The minimum atomic E-state index is -0.741. The Morgan fingerprint density at radius 1 is 1.30 bits per heavy atom. The molecule has 1 aliphatic rings. The number of nitrogens with one attached hydrogen (secondary N) is 1. The van der Waals surface area contributed by atoms with Crippen LogP contribution in [0.4, 0.5) is 0 Å². The Morgan fingerprint density at radius 3 is 2.30 bits per heavy atom. The first-order valence-corrected chi connectivity index (χ1v) is 7.68. The zero-order chi connectivity index (χ0) is 15.3. The molecular weight excluding hydrogens is 256 g/mol. The van der Waals surface area contributed by atoms with E-state index in [1.807, 2.05) is 18.7 Å². The minimum Gasteiger partial charge on any atom is -0.481 e. The van der Waals surface area contributed by atoms with Crippen molar-refractivity contribution in [1.29, 1.82) is 0 Å². The van der Waals surface area contributed by atoms with Gasteiger partial charge in [-0.2, -0.15) is 0 Å². The fourth-order valence-electron chi connectivity index (χ4n) is 2.83. The number of hydrogen-bond acceptors (Lipinski definition) is 3. The fraction of sp³-hybridized carbons (Fsp3) is 0.867. The molecule has 0 bridgehead atoms. The second kappa shape index (κ2) is 7.07. The molecule has 0 aromatic carbocycles. The van der Waals surface area contributed by atoms with Crippen molar-refractivity contribution in [1.82, 2.24) is 10.2 Å². The molecule has 1 heterocycles. The van der Waals surface area contributed by atoms with Crippen LogP contribution in [-0.4, -0.2) is 47.1 Å². The van der Waals surface area contributed by atoms with Crippen molar-refractivity contribution < 1.29 is 14.7 Å². The maximum atomic E-state index is 12.2. The molecule has 1 fully saturated rings. The molecule has 0 aromatic heterocycles. The molecule has 0 saturated carbocycles. The number of carbonyl (C=O) groups excluding carboxylic acids is 1. The molecule has 2 N–H and O–H groups in total. The van der Waals surface area contributed by atoms with Gasteiger partial charge in [-0.1, -0.05) is 20.8 Å². The Labute approximate surface area is 121 Å². The summed E-state index contributed by atoms with van der Waals surface area (Å²) in [6, 6.07) is -0.0497. The lowest BCUT2D eigenvalue weighted by molar-refractivity contribution is -0.148. The molecular formula is C15H28N2O3. The highest BCUT2D eigenvalue weighted by Gasteiger charge is 2.45. The molecule has 116 valence electrons. The van der Waals surface area contributed by atoms with E-state index in [-0.39, 0.29) is 18.0 Å². The Hall–Kier alpha value is -1.10. The largest absolute Gasteiger partial charge is 0.481 e. The van der Waals surface area contributed by atoms with E-state index in [4.69, 9.17) is 0 Å². The molecule has 5 nitrogen and oxygen atoms in total. The van der Waals surface area contributed by atoms with E-state index >= 15 is 0 Å². The van der Waals surface area contributed by atoms with Crippen LogP contribution in [0.5, 0.6) is 0 Å². The van der Waals surface area contributed by atoms with E-state index in [0.29, 0.717) is 25.9 Å². The Kier molecular flexibility index (Phi) is 5.99. The van der Waals surface area contributed by atoms with Crippen LogP contribution in [-0.2, 0) is 9.59 Å². The molecule has 0 spiro atoms. The summed E-state index contributed by atoms with van der Waals surface area (Å²) in [5.74, 6) is -0.730. The second-order valence-corrected chi connectivity index (χ2v) is 5.86. The lowest BCUT2D eigenvalue weighted by Crippen LogP contribution is -2.48. The van der Waals surface area contributed by atoms with Crippen LogP contribution in [0.15, 0.2) is 0 Å². The molecule has 20 heavy (non-hydrogen) atoms. The Balaban J connectivity index is 2.63. The van der Waals surface area contributed by atoms with Crippen molar-refractivity contribution in [3.05, 3.63) is 0 Å². The number of likely N-dealkylation sites (tertiary alicyclic amines) is 1. The molecule has 0 aromatic rings. The van der Waals surface area contributed by atoms with Gasteiger partial charge in [0.25, 0.3) is 0 Å². The summed E-state index contributed by atoms with van der Waals surface area (Å²) in [4.78, 5) is 25.7. The number of aliphatic carboxylic acids is 1. The quantitative estimate of drug-likeness (QED) is 0.749. The van der Waals surface area contributed by atoms with Gasteiger partial charge in [-0.25, -0.2) is 0 Å². The van der Waals surface area contributed by atoms with Gasteiger partial charge in [-0.15, -0.1) is 0 Å². The molecule has 1 rings (SSSR count). The van der Waals surface area contributed by atoms with Gasteiger partial charge in [0.1, 0.15) is 0 Å². The van der Waals surface area contributed by atoms with Crippen molar-refractivity contribution in [2.75, 3.05) is 13.1 Å². The molecule has 0 radical (unpaired) electrons. The van der Waals surface area contributed by atoms with E-state index < -0.39 is 11.4 Å². The fourth-order valence-corrected chi connectivity index (χ4v) is 2.83. The zero-order valence-electron chi connectivity index (χ0n) is 13.1. The third-order valence-electron chi connectivity index (χ3n) is 4.77. The maximum absolute atomic E-state index is 12.2. The summed E-state index contributed by atoms with van der Waals surface area (Å²) in [5.41, 5.74) is -0.677. The molecule has 5 heteroatoms. The number of hydrogen-bond donors (Lipinski definition) is 2. The van der Waals surface area contributed by atoms with E-state index in [1.165, 1.54) is 0 Å². The summed E-state index contributed by atoms with van der Waals surface area (Å²) in [5, 5.41) is 12.4. The lowest BCUT2D eigenvalue weighted by atomic mass is 9.84. The third-order valence-corrected chi connectivity index (χ3v) is 4.77. The monoisotopic (exact) mass is 284 g/mol. The normalized spacial score (nSPS) is 24.9. The van der Waals surface area contributed by atoms with E-state index in [2.05, 4.69) is 19.2 Å². The smallest absolute Gasteiger partial charge is 0.310 e. The topological polar surface area (TPSA) is 69.6 Å². The van der Waals surface area contributed by atoms with Gasteiger partial charge in [0, 0.05) is 19.1 Å². The van der Waals surface area contributed by atoms with Crippen LogP contribution in [0.25, 0.3) is 0 Å². The number of carbonyl (C=O) groups is 2. The number of amides is 1. The summed E-state index contributed by atoms with van der Waals surface area (Å²) < 4.78 is 0. The van der Waals surface area contributed by atoms with Crippen LogP contribution in [0.1, 0.15) is 53.4 Å². The summed E-state index contributed by atoms with van der Waals surface area (Å²) in [6.07, 6.45) is 3.08. The van der Waals surface area contributed by atoms with Crippen LogP contribution in [0.2, 0.25) is 0 Å². The predicted molar refractivity (Wildman–Crippen MR) is 78.5 cm³/mol. The summed E-state index contributed by atoms with van der Waals surface area (Å²) >= 11 is 0. The van der Waals surface area contributed by atoms with E-state index in [1.54, 1.807) is 0 Å². The highest BCUT2D eigenvalue weighted by Crippen LogP contribution is 2.35. The van der Waals surface area contributed by atoms with Gasteiger partial charge < -0.3 is 10.4 Å². The summed E-state index contributed by atoms with van der Waals surface area (Å²) in [6.45, 7) is 9.04. The van der Waals surface area contributed by atoms with Crippen molar-refractivity contribution in [3.63, 3.8) is 0 Å². The van der Waals surface area contributed by atoms with Crippen molar-refractivity contribution in [2.45, 2.75) is 65.5 Å². The van der Waals surface area contributed by atoms with Crippen LogP contribution in [0.3, 0.4) is 0 Å². The maximum Gasteiger partial charge on any atom is 0.310 e. The number of carboxylic acids is 1. The van der Waals surface area contributed by atoms with Crippen molar-refractivity contribution in [3.8, 4) is 0 Å². The van der Waals surface area contributed by atoms with Crippen molar-refractivity contribution >= 4 is 11.9 Å². The lowest BCUT2D eigenvalue weighted by Gasteiger charge is -2.28. The van der Waals surface area contributed by atoms with Gasteiger partial charge in [0.2, 0.25) is 5.91 Å². The van der Waals surface area contributed by atoms with E-state index in [0.717, 1.165) is 12.8 Å². The molecule has 1 saturated heterocycles. The zero-order valence-corrected chi connectivity index (χ0v) is 13.1. The molecule has 2 atom stereocenters. The Bertz CT molecular complexity index is 355. The van der Waals surface area contributed by atoms with Crippen molar-refractivity contribution in [2.24, 2.45) is 5.41 Å². The highest BCUT2D eigenvalue weighted by atomic mass is 16.4. The molecule has 1 aliphatic heterocycles. The first-order valence-electron chi connectivity index (χ1n) is 7.68. The minimum absolute atomic E-state index is 0.0102. The van der Waals surface area contributed by atoms with Gasteiger partial charge in [0.15, 0.2) is 0 Å². The SMILES string of the molecule is CCC(CC)NC(=O)C(C)N1CCC(CC)(C(=O)O)C1. The number of carboxylic acid groups (broad SMARTS) is 1. The van der Waals surface area contributed by atoms with Crippen LogP contribution >= 0.6 is 0 Å². The first kappa shape index (κ1) is 17.0. The van der Waals surface area contributed by atoms with Crippen LogP contribution in [0, 0.1) is 5.41 Å². The average molecular weight is 284 g/mol. The number of nitrogens with zero attached hydrogens (tertiary/aromatic N) is 1.